The van der Waals surface area contributed by atoms with Crippen LogP contribution in [-0.4, -0.2) is 23.0 Å². The molecule has 6 nitrogen and oxygen atoms in total. The van der Waals surface area contributed by atoms with E-state index in [2.05, 4.69) is 20.9 Å². The molecule has 1 saturated carbocycles. The number of hydrogen-bond donors (Lipinski definition) is 3. The smallest absolute Gasteiger partial charge is 0.319 e. The third-order valence-corrected chi connectivity index (χ3v) is 6.08. The molecule has 1 aliphatic carbocycles. The fourth-order valence-corrected chi connectivity index (χ4v) is 4.46. The van der Waals surface area contributed by atoms with Crippen molar-refractivity contribution >= 4 is 57.4 Å². The number of para-hydroxylation sites is 1. The van der Waals surface area contributed by atoms with Gasteiger partial charge < -0.3 is 16.0 Å². The summed E-state index contributed by atoms with van der Waals surface area (Å²) in [6.07, 6.45) is 5.96. The molecule has 1 aliphatic rings. The highest BCUT2D eigenvalue weighted by Crippen LogP contribution is 2.32. The molecule has 0 bridgehead atoms. The topological polar surface area (TPSA) is 83.1 Å². The molecule has 0 aliphatic heterocycles. The summed E-state index contributed by atoms with van der Waals surface area (Å²) in [7, 11) is 0. The number of amides is 3. The van der Waals surface area contributed by atoms with Gasteiger partial charge >= 0.3 is 6.03 Å². The normalized spacial score (nSPS) is 13.9. The van der Waals surface area contributed by atoms with E-state index < -0.39 is 5.91 Å². The maximum atomic E-state index is 12.8. The molecule has 4 rings (SSSR count). The minimum absolute atomic E-state index is 0.198. The number of aromatic nitrogens is 1. The summed E-state index contributed by atoms with van der Waals surface area (Å²) in [6, 6.07) is 10.3. The van der Waals surface area contributed by atoms with E-state index in [1.807, 2.05) is 13.0 Å². The summed E-state index contributed by atoms with van der Waals surface area (Å²) in [4.78, 5) is 29.9. The van der Waals surface area contributed by atoms with Gasteiger partial charge in [0.2, 0.25) is 0 Å². The Kier molecular flexibility index (Phi) is 6.30. The molecule has 2 aromatic carbocycles. The molecule has 1 aromatic heterocycles. The van der Waals surface area contributed by atoms with Gasteiger partial charge in [-0.05, 0) is 43.5 Å². The van der Waals surface area contributed by atoms with Crippen molar-refractivity contribution in [2.24, 2.45) is 0 Å². The summed E-state index contributed by atoms with van der Waals surface area (Å²) < 4.78 is 0. The van der Waals surface area contributed by atoms with Crippen molar-refractivity contribution in [2.45, 2.75) is 38.6 Å². The van der Waals surface area contributed by atoms with Crippen LogP contribution >= 0.6 is 23.2 Å². The average molecular weight is 457 g/mol. The quantitative estimate of drug-likeness (QED) is 0.438. The fraction of sp³-hybridized carbons (Fsp3) is 0.261. The van der Waals surface area contributed by atoms with Gasteiger partial charge in [-0.3, -0.25) is 9.78 Å². The number of rotatable bonds is 4. The SMILES string of the molecule is Cc1cnc2c(NC(=O)c3c(Cl)cccc3Cl)cccc2c1NC(=O)NC1CCCC1. The summed E-state index contributed by atoms with van der Waals surface area (Å²) in [6.45, 7) is 1.88. The van der Waals surface area contributed by atoms with Gasteiger partial charge in [-0.2, -0.15) is 0 Å². The lowest BCUT2D eigenvalue weighted by molar-refractivity contribution is 0.102. The predicted molar refractivity (Wildman–Crippen MR) is 125 cm³/mol. The average Bonchev–Trinajstić information content (AvgIpc) is 3.23. The highest BCUT2D eigenvalue weighted by molar-refractivity contribution is 6.40. The maximum Gasteiger partial charge on any atom is 0.319 e. The fourth-order valence-electron chi connectivity index (χ4n) is 3.89. The number of carbonyl (C=O) groups excluding carboxylic acids is 2. The van der Waals surface area contributed by atoms with Crippen molar-refractivity contribution in [1.29, 1.82) is 0 Å². The molecule has 0 atom stereocenters. The molecule has 0 saturated heterocycles. The van der Waals surface area contributed by atoms with Gasteiger partial charge in [-0.1, -0.05) is 54.2 Å². The standard InChI is InChI=1S/C23H22Cl2N4O2/c1-13-12-26-21-15(20(13)29-23(31)27-14-6-2-3-7-14)8-4-11-18(21)28-22(30)19-16(24)9-5-10-17(19)25/h4-5,8-12,14H,2-3,6-7H2,1H3,(H,28,30)(H2,26,27,29,31). The molecule has 3 amide bonds. The number of carbonyl (C=O) groups is 2. The molecular weight excluding hydrogens is 435 g/mol. The monoisotopic (exact) mass is 456 g/mol. The van der Waals surface area contributed by atoms with Crippen LogP contribution in [0.2, 0.25) is 10.0 Å². The van der Waals surface area contributed by atoms with Gasteiger partial charge in [0.15, 0.2) is 0 Å². The van der Waals surface area contributed by atoms with Crippen LogP contribution in [0, 0.1) is 6.92 Å². The number of pyridine rings is 1. The van der Waals surface area contributed by atoms with E-state index >= 15 is 0 Å². The number of nitrogens with zero attached hydrogens (tertiary/aromatic N) is 1. The zero-order valence-electron chi connectivity index (χ0n) is 17.0. The van der Waals surface area contributed by atoms with Gasteiger partial charge in [-0.15, -0.1) is 0 Å². The zero-order chi connectivity index (χ0) is 22.0. The molecule has 160 valence electrons. The largest absolute Gasteiger partial charge is 0.335 e. The molecule has 31 heavy (non-hydrogen) atoms. The maximum absolute atomic E-state index is 12.8. The Morgan fingerprint density at radius 3 is 2.39 bits per heavy atom. The number of nitrogens with one attached hydrogen (secondary N) is 3. The first-order valence-corrected chi connectivity index (χ1v) is 10.9. The molecule has 3 aromatic rings. The van der Waals surface area contributed by atoms with E-state index in [0.717, 1.165) is 36.6 Å². The second-order valence-electron chi connectivity index (χ2n) is 7.65. The van der Waals surface area contributed by atoms with Crippen molar-refractivity contribution in [1.82, 2.24) is 10.3 Å². The van der Waals surface area contributed by atoms with Crippen LogP contribution in [0.25, 0.3) is 10.9 Å². The zero-order valence-corrected chi connectivity index (χ0v) is 18.5. The van der Waals surface area contributed by atoms with Gasteiger partial charge in [0.25, 0.3) is 5.91 Å². The van der Waals surface area contributed by atoms with Crippen LogP contribution in [0.3, 0.4) is 0 Å². The predicted octanol–water partition coefficient (Wildman–Crippen LogP) is 6.17. The van der Waals surface area contributed by atoms with Crippen LogP contribution in [0.1, 0.15) is 41.6 Å². The van der Waals surface area contributed by atoms with Crippen LogP contribution in [0.15, 0.2) is 42.6 Å². The Balaban J connectivity index is 1.63. The Morgan fingerprint density at radius 1 is 1.00 bits per heavy atom. The van der Waals surface area contributed by atoms with Crippen molar-refractivity contribution in [2.75, 3.05) is 10.6 Å². The van der Waals surface area contributed by atoms with Crippen molar-refractivity contribution in [3.05, 3.63) is 63.8 Å². The van der Waals surface area contributed by atoms with E-state index in [9.17, 15) is 9.59 Å². The van der Waals surface area contributed by atoms with E-state index in [1.165, 1.54) is 0 Å². The van der Waals surface area contributed by atoms with Crippen LogP contribution in [0.4, 0.5) is 16.2 Å². The molecule has 0 spiro atoms. The summed E-state index contributed by atoms with van der Waals surface area (Å²) in [5.41, 5.74) is 2.74. The van der Waals surface area contributed by atoms with Crippen molar-refractivity contribution in [3.63, 3.8) is 0 Å². The number of fused-ring (bicyclic) bond motifs is 1. The van der Waals surface area contributed by atoms with E-state index in [0.29, 0.717) is 16.9 Å². The first kappa shape index (κ1) is 21.4. The Bertz CT molecular complexity index is 1140. The Labute approximate surface area is 190 Å². The minimum Gasteiger partial charge on any atom is -0.335 e. The Morgan fingerprint density at radius 2 is 1.68 bits per heavy atom. The third-order valence-electron chi connectivity index (χ3n) is 5.45. The van der Waals surface area contributed by atoms with E-state index in [-0.39, 0.29) is 27.7 Å². The lowest BCUT2D eigenvalue weighted by Crippen LogP contribution is -2.36. The van der Waals surface area contributed by atoms with E-state index in [4.69, 9.17) is 23.2 Å². The van der Waals surface area contributed by atoms with Crippen LogP contribution in [0.5, 0.6) is 0 Å². The van der Waals surface area contributed by atoms with Gasteiger partial charge in [0, 0.05) is 17.6 Å². The van der Waals surface area contributed by atoms with Crippen LogP contribution < -0.4 is 16.0 Å². The summed E-state index contributed by atoms with van der Waals surface area (Å²) in [5.74, 6) is -0.432. The first-order chi connectivity index (χ1) is 14.9. The van der Waals surface area contributed by atoms with Gasteiger partial charge in [-0.25, -0.2) is 4.79 Å². The molecule has 1 fully saturated rings. The molecule has 0 unspecified atom stereocenters. The molecular formula is C23H22Cl2N4O2. The van der Waals surface area contributed by atoms with Crippen molar-refractivity contribution < 1.29 is 9.59 Å². The number of urea groups is 1. The molecule has 1 heterocycles. The first-order valence-electron chi connectivity index (χ1n) is 10.1. The molecule has 3 N–H and O–H groups in total. The lowest BCUT2D eigenvalue weighted by atomic mass is 10.1. The molecule has 0 radical (unpaired) electrons. The number of halogens is 2. The van der Waals surface area contributed by atoms with Gasteiger partial charge in [0.05, 0.1) is 32.5 Å². The summed E-state index contributed by atoms with van der Waals surface area (Å²) in [5, 5.41) is 10.1. The second kappa shape index (κ2) is 9.12. The van der Waals surface area contributed by atoms with E-state index in [1.54, 1.807) is 36.5 Å². The number of aryl methyl sites for hydroxylation is 1. The number of benzene rings is 2. The highest BCUT2D eigenvalue weighted by Gasteiger charge is 2.20. The number of hydrogen-bond acceptors (Lipinski definition) is 3. The van der Waals surface area contributed by atoms with Crippen molar-refractivity contribution in [3.8, 4) is 0 Å². The minimum atomic E-state index is -0.432. The Hall–Kier alpha value is -2.83. The van der Waals surface area contributed by atoms with Crippen LogP contribution in [-0.2, 0) is 0 Å². The summed E-state index contributed by atoms with van der Waals surface area (Å²) >= 11 is 12.3. The number of anilines is 2. The molecule has 8 heteroatoms. The highest BCUT2D eigenvalue weighted by atomic mass is 35.5. The third kappa shape index (κ3) is 4.60. The second-order valence-corrected chi connectivity index (χ2v) is 8.46. The van der Waals surface area contributed by atoms with Gasteiger partial charge in [0.1, 0.15) is 0 Å². The lowest BCUT2D eigenvalue weighted by Gasteiger charge is -2.17.